The summed E-state index contributed by atoms with van der Waals surface area (Å²) in [6.07, 6.45) is 2.76. The van der Waals surface area contributed by atoms with Crippen molar-refractivity contribution in [1.82, 2.24) is 4.90 Å². The number of rotatable bonds is 5. The van der Waals surface area contributed by atoms with E-state index >= 15 is 0 Å². The fourth-order valence-electron chi connectivity index (χ4n) is 3.35. The Kier molecular flexibility index (Phi) is 3.92. The van der Waals surface area contributed by atoms with Gasteiger partial charge >= 0.3 is 0 Å². The third-order valence-electron chi connectivity index (χ3n) is 4.32. The average Bonchev–Trinajstić information content (AvgIpc) is 3.03. The molecule has 0 spiro atoms. The van der Waals surface area contributed by atoms with Crippen LogP contribution in [0.4, 0.5) is 0 Å². The molecule has 1 amide bonds. The van der Waals surface area contributed by atoms with E-state index in [0.29, 0.717) is 18.9 Å². The number of hydrogen-bond acceptors (Lipinski definition) is 3. The summed E-state index contributed by atoms with van der Waals surface area (Å²) in [4.78, 5) is 14.0. The van der Waals surface area contributed by atoms with Crippen molar-refractivity contribution in [2.45, 2.75) is 37.8 Å². The van der Waals surface area contributed by atoms with E-state index in [1.54, 1.807) is 0 Å². The number of piperidine rings is 1. The van der Waals surface area contributed by atoms with Gasteiger partial charge in [-0.25, -0.2) is 0 Å². The van der Waals surface area contributed by atoms with Gasteiger partial charge in [-0.3, -0.25) is 4.79 Å². The summed E-state index contributed by atoms with van der Waals surface area (Å²) >= 11 is 0. The minimum atomic E-state index is -0.307. The van der Waals surface area contributed by atoms with E-state index in [-0.39, 0.29) is 18.1 Å². The Labute approximate surface area is 119 Å². The molecule has 108 valence electrons. The van der Waals surface area contributed by atoms with Crippen LogP contribution in [0.1, 0.15) is 25.7 Å². The van der Waals surface area contributed by atoms with Crippen LogP contribution in [0, 0.1) is 5.92 Å². The summed E-state index contributed by atoms with van der Waals surface area (Å²) in [6, 6.07) is 9.72. The van der Waals surface area contributed by atoms with Crippen molar-refractivity contribution in [3.63, 3.8) is 0 Å². The Hall–Kier alpha value is -1.55. The minimum absolute atomic E-state index is 0.0718. The number of nitrogens with zero attached hydrogens (tertiary/aromatic N) is 1. The van der Waals surface area contributed by atoms with Crippen molar-refractivity contribution in [2.24, 2.45) is 5.92 Å². The Balaban J connectivity index is 1.40. The molecule has 2 aliphatic rings. The zero-order valence-corrected chi connectivity index (χ0v) is 11.6. The van der Waals surface area contributed by atoms with Crippen LogP contribution in [-0.4, -0.2) is 41.2 Å². The molecule has 1 aliphatic carbocycles. The second kappa shape index (κ2) is 5.83. The maximum atomic E-state index is 12.2. The molecule has 4 heteroatoms. The lowest BCUT2D eigenvalue weighted by Gasteiger charge is -2.30. The van der Waals surface area contributed by atoms with Crippen LogP contribution >= 0.6 is 0 Å². The molecule has 1 saturated carbocycles. The number of para-hydroxylation sites is 1. The summed E-state index contributed by atoms with van der Waals surface area (Å²) in [6.45, 7) is 1.39. The Morgan fingerprint density at radius 2 is 2.10 bits per heavy atom. The van der Waals surface area contributed by atoms with Gasteiger partial charge in [-0.05, 0) is 37.3 Å². The first kappa shape index (κ1) is 13.4. The zero-order valence-electron chi connectivity index (χ0n) is 11.6. The SMILES string of the molecule is O=C(CCCOc1ccccc1)N1CC2CC(O)C1C2. The number of benzene rings is 1. The van der Waals surface area contributed by atoms with E-state index < -0.39 is 0 Å². The van der Waals surface area contributed by atoms with Crippen LogP contribution in [0.2, 0.25) is 0 Å². The quantitative estimate of drug-likeness (QED) is 0.834. The Morgan fingerprint density at radius 1 is 1.30 bits per heavy atom. The van der Waals surface area contributed by atoms with Gasteiger partial charge in [0.15, 0.2) is 0 Å². The highest BCUT2D eigenvalue weighted by Crippen LogP contribution is 2.37. The lowest BCUT2D eigenvalue weighted by Crippen LogP contribution is -2.44. The molecule has 1 aromatic carbocycles. The van der Waals surface area contributed by atoms with E-state index in [1.807, 2.05) is 35.2 Å². The largest absolute Gasteiger partial charge is 0.494 e. The number of likely N-dealkylation sites (tertiary alicyclic amines) is 1. The number of carbonyl (C=O) groups is 1. The molecule has 1 heterocycles. The van der Waals surface area contributed by atoms with Gasteiger partial charge in [0.25, 0.3) is 0 Å². The molecule has 3 rings (SSSR count). The van der Waals surface area contributed by atoms with Gasteiger partial charge in [0, 0.05) is 13.0 Å². The number of amides is 1. The number of ether oxygens (including phenoxy) is 1. The molecule has 1 N–H and O–H groups in total. The highest BCUT2D eigenvalue weighted by atomic mass is 16.5. The van der Waals surface area contributed by atoms with E-state index in [4.69, 9.17) is 4.74 Å². The molecule has 2 fully saturated rings. The van der Waals surface area contributed by atoms with Gasteiger partial charge in [-0.2, -0.15) is 0 Å². The maximum absolute atomic E-state index is 12.2. The first-order valence-electron chi connectivity index (χ1n) is 7.39. The predicted molar refractivity (Wildman–Crippen MR) is 75.4 cm³/mol. The number of hydrogen-bond donors (Lipinski definition) is 1. The van der Waals surface area contributed by atoms with Crippen LogP contribution in [-0.2, 0) is 4.79 Å². The van der Waals surface area contributed by atoms with Crippen LogP contribution < -0.4 is 4.74 Å². The average molecular weight is 275 g/mol. The van der Waals surface area contributed by atoms with Crippen LogP contribution in [0.3, 0.4) is 0 Å². The second-order valence-electron chi connectivity index (χ2n) is 5.78. The smallest absolute Gasteiger partial charge is 0.223 e. The lowest BCUT2D eigenvalue weighted by atomic mass is 10.1. The molecule has 0 radical (unpaired) electrons. The summed E-state index contributed by atoms with van der Waals surface area (Å²) < 4.78 is 5.58. The standard InChI is InChI=1S/C16H21NO3/c18-15-10-12-9-14(15)17(11-12)16(19)7-4-8-20-13-5-2-1-3-6-13/h1-3,5-6,12,14-15,18H,4,7-11H2. The molecule has 2 bridgehead atoms. The number of carbonyl (C=O) groups excluding carboxylic acids is 1. The van der Waals surface area contributed by atoms with Crippen LogP contribution in [0.25, 0.3) is 0 Å². The minimum Gasteiger partial charge on any atom is -0.494 e. The molecule has 20 heavy (non-hydrogen) atoms. The van der Waals surface area contributed by atoms with Gasteiger partial charge in [0.1, 0.15) is 5.75 Å². The molecule has 1 aliphatic heterocycles. The molecule has 3 unspecified atom stereocenters. The number of aliphatic hydroxyl groups excluding tert-OH is 1. The number of aliphatic hydroxyl groups is 1. The maximum Gasteiger partial charge on any atom is 0.223 e. The predicted octanol–water partition coefficient (Wildman–Crippen LogP) is 1.83. The zero-order chi connectivity index (χ0) is 13.9. The van der Waals surface area contributed by atoms with Crippen molar-refractivity contribution >= 4 is 5.91 Å². The van der Waals surface area contributed by atoms with Gasteiger partial charge < -0.3 is 14.7 Å². The fourth-order valence-corrected chi connectivity index (χ4v) is 3.35. The van der Waals surface area contributed by atoms with Gasteiger partial charge in [0.2, 0.25) is 5.91 Å². The molecule has 3 atom stereocenters. The molecule has 4 nitrogen and oxygen atoms in total. The van der Waals surface area contributed by atoms with Crippen LogP contribution in [0.15, 0.2) is 30.3 Å². The Bertz CT molecular complexity index is 462. The topological polar surface area (TPSA) is 49.8 Å². The summed E-state index contributed by atoms with van der Waals surface area (Å²) in [7, 11) is 0. The van der Waals surface area contributed by atoms with Crippen molar-refractivity contribution < 1.29 is 14.6 Å². The monoisotopic (exact) mass is 275 g/mol. The molecular weight excluding hydrogens is 254 g/mol. The van der Waals surface area contributed by atoms with E-state index in [2.05, 4.69) is 0 Å². The summed E-state index contributed by atoms with van der Waals surface area (Å²) in [5.74, 6) is 1.52. The van der Waals surface area contributed by atoms with Crippen molar-refractivity contribution in [1.29, 1.82) is 0 Å². The lowest BCUT2D eigenvalue weighted by molar-refractivity contribution is -0.135. The molecule has 1 aromatic rings. The van der Waals surface area contributed by atoms with Gasteiger partial charge in [-0.15, -0.1) is 0 Å². The molecule has 0 aromatic heterocycles. The van der Waals surface area contributed by atoms with Gasteiger partial charge in [-0.1, -0.05) is 18.2 Å². The molecule has 1 saturated heterocycles. The van der Waals surface area contributed by atoms with Crippen molar-refractivity contribution in [3.8, 4) is 5.75 Å². The van der Waals surface area contributed by atoms with Gasteiger partial charge in [0.05, 0.1) is 18.8 Å². The van der Waals surface area contributed by atoms with E-state index in [1.165, 1.54) is 0 Å². The highest BCUT2D eigenvalue weighted by Gasteiger charge is 2.45. The summed E-state index contributed by atoms with van der Waals surface area (Å²) in [5.41, 5.74) is 0. The van der Waals surface area contributed by atoms with Crippen molar-refractivity contribution in [2.75, 3.05) is 13.2 Å². The highest BCUT2D eigenvalue weighted by molar-refractivity contribution is 5.77. The van der Waals surface area contributed by atoms with Crippen LogP contribution in [0.5, 0.6) is 5.75 Å². The second-order valence-corrected chi connectivity index (χ2v) is 5.78. The number of fused-ring (bicyclic) bond motifs is 2. The fraction of sp³-hybridized carbons (Fsp3) is 0.562. The third-order valence-corrected chi connectivity index (χ3v) is 4.32. The first-order chi connectivity index (χ1) is 9.74. The van der Waals surface area contributed by atoms with E-state index in [0.717, 1.165) is 31.6 Å². The van der Waals surface area contributed by atoms with Crippen molar-refractivity contribution in [3.05, 3.63) is 30.3 Å². The summed E-state index contributed by atoms with van der Waals surface area (Å²) in [5, 5.41) is 9.84. The molecular formula is C16H21NO3. The first-order valence-corrected chi connectivity index (χ1v) is 7.39. The third kappa shape index (κ3) is 2.80. The normalized spacial score (nSPS) is 27.9. The van der Waals surface area contributed by atoms with E-state index in [9.17, 15) is 9.90 Å². The Morgan fingerprint density at radius 3 is 2.80 bits per heavy atom.